The van der Waals surface area contributed by atoms with Crippen LogP contribution in [0.25, 0.3) is 0 Å². The van der Waals surface area contributed by atoms with Gasteiger partial charge in [-0.05, 0) is 38.5 Å². The number of benzene rings is 1. The molecule has 1 heterocycles. The molecule has 6 nitrogen and oxygen atoms in total. The third kappa shape index (κ3) is 4.22. The van der Waals surface area contributed by atoms with Crippen LogP contribution < -0.4 is 11.0 Å². The summed E-state index contributed by atoms with van der Waals surface area (Å²) in [7, 11) is 0. The monoisotopic (exact) mass is 338 g/mol. The van der Waals surface area contributed by atoms with Crippen LogP contribution in [0.3, 0.4) is 0 Å². The van der Waals surface area contributed by atoms with E-state index < -0.39 is 5.25 Å². The minimum Gasteiger partial charge on any atom is -0.349 e. The molecule has 0 bridgehead atoms. The molecule has 0 aliphatic heterocycles. The summed E-state index contributed by atoms with van der Waals surface area (Å²) in [5, 5.41) is 9.23. The van der Waals surface area contributed by atoms with Crippen LogP contribution in [-0.2, 0) is 11.3 Å². The smallest absolute Gasteiger partial charge is 0.343 e. The average Bonchev–Trinajstić information content (AvgIpc) is 2.87. The van der Waals surface area contributed by atoms with Crippen molar-refractivity contribution < 1.29 is 9.18 Å². The fourth-order valence-corrected chi connectivity index (χ4v) is 2.98. The highest BCUT2D eigenvalue weighted by Crippen LogP contribution is 2.21. The highest BCUT2D eigenvalue weighted by atomic mass is 32.2. The van der Waals surface area contributed by atoms with Gasteiger partial charge in [0.05, 0.1) is 11.3 Å². The van der Waals surface area contributed by atoms with Crippen LogP contribution in [0, 0.1) is 5.82 Å². The van der Waals surface area contributed by atoms with Gasteiger partial charge in [0.25, 0.3) is 0 Å². The maximum absolute atomic E-state index is 12.9. The molecule has 0 fully saturated rings. The number of halogens is 1. The van der Waals surface area contributed by atoms with Gasteiger partial charge in [-0.25, -0.2) is 14.3 Å². The van der Waals surface area contributed by atoms with Gasteiger partial charge in [0.2, 0.25) is 5.91 Å². The Morgan fingerprint density at radius 3 is 2.65 bits per heavy atom. The number of nitrogens with one attached hydrogen (secondary N) is 2. The molecule has 0 unspecified atom stereocenters. The fraction of sp³-hybridized carbons (Fsp3) is 0.400. The van der Waals surface area contributed by atoms with Gasteiger partial charge in [-0.15, -0.1) is 5.10 Å². The SMILES string of the molecule is CCn1c(S[C@@H](C)C(=O)N[C@@H](C)c2ccc(F)cc2)n[nH]c1=O. The first kappa shape index (κ1) is 17.3. The van der Waals surface area contributed by atoms with E-state index in [1.54, 1.807) is 19.1 Å². The lowest BCUT2D eigenvalue weighted by molar-refractivity contribution is -0.120. The van der Waals surface area contributed by atoms with Crippen molar-refractivity contribution in [2.45, 2.75) is 43.8 Å². The Bertz CT molecular complexity index is 726. The van der Waals surface area contributed by atoms with Gasteiger partial charge in [-0.2, -0.15) is 0 Å². The number of rotatable bonds is 6. The van der Waals surface area contributed by atoms with E-state index in [2.05, 4.69) is 15.5 Å². The number of nitrogens with zero attached hydrogens (tertiary/aromatic N) is 2. The van der Waals surface area contributed by atoms with Crippen molar-refractivity contribution in [1.29, 1.82) is 0 Å². The molecule has 8 heteroatoms. The summed E-state index contributed by atoms with van der Waals surface area (Å²) < 4.78 is 14.4. The van der Waals surface area contributed by atoms with Gasteiger partial charge in [0.1, 0.15) is 5.82 Å². The molecule has 0 spiro atoms. The molecule has 0 saturated heterocycles. The Labute approximate surface area is 137 Å². The summed E-state index contributed by atoms with van der Waals surface area (Å²) in [4.78, 5) is 23.8. The van der Waals surface area contributed by atoms with E-state index in [-0.39, 0.29) is 23.5 Å². The second-order valence-corrected chi connectivity index (χ2v) is 6.41. The van der Waals surface area contributed by atoms with Gasteiger partial charge >= 0.3 is 5.69 Å². The van der Waals surface area contributed by atoms with Gasteiger partial charge in [-0.1, -0.05) is 23.9 Å². The number of hydrogen-bond acceptors (Lipinski definition) is 4. The molecular weight excluding hydrogens is 319 g/mol. The Hall–Kier alpha value is -2.09. The number of aromatic nitrogens is 3. The van der Waals surface area contributed by atoms with Crippen LogP contribution in [0.5, 0.6) is 0 Å². The first-order valence-corrected chi connectivity index (χ1v) is 8.18. The summed E-state index contributed by atoms with van der Waals surface area (Å²) in [5.41, 5.74) is 0.532. The van der Waals surface area contributed by atoms with Gasteiger partial charge in [0, 0.05) is 6.54 Å². The molecule has 23 heavy (non-hydrogen) atoms. The molecule has 1 aromatic carbocycles. The van der Waals surface area contributed by atoms with Crippen LogP contribution in [0.1, 0.15) is 32.4 Å². The maximum atomic E-state index is 12.9. The summed E-state index contributed by atoms with van der Waals surface area (Å²) in [6.07, 6.45) is 0. The van der Waals surface area contributed by atoms with E-state index in [9.17, 15) is 14.0 Å². The van der Waals surface area contributed by atoms with E-state index in [0.29, 0.717) is 11.7 Å². The molecule has 124 valence electrons. The zero-order valence-corrected chi connectivity index (χ0v) is 14.0. The van der Waals surface area contributed by atoms with E-state index in [0.717, 1.165) is 5.56 Å². The third-order valence-electron chi connectivity index (χ3n) is 3.42. The van der Waals surface area contributed by atoms with Crippen molar-refractivity contribution in [2.24, 2.45) is 0 Å². The van der Waals surface area contributed by atoms with Gasteiger partial charge in [-0.3, -0.25) is 9.36 Å². The zero-order valence-electron chi connectivity index (χ0n) is 13.2. The Morgan fingerprint density at radius 2 is 2.04 bits per heavy atom. The van der Waals surface area contributed by atoms with Crippen molar-refractivity contribution in [2.75, 3.05) is 0 Å². The summed E-state index contributed by atoms with van der Waals surface area (Å²) in [6.45, 7) is 5.90. The van der Waals surface area contributed by atoms with Crippen molar-refractivity contribution in [3.05, 3.63) is 46.1 Å². The van der Waals surface area contributed by atoms with Crippen LogP contribution in [0.2, 0.25) is 0 Å². The largest absolute Gasteiger partial charge is 0.349 e. The van der Waals surface area contributed by atoms with Crippen LogP contribution >= 0.6 is 11.8 Å². The highest BCUT2D eigenvalue weighted by molar-refractivity contribution is 8.00. The Balaban J connectivity index is 1.99. The molecule has 2 rings (SSSR count). The van der Waals surface area contributed by atoms with E-state index in [1.807, 2.05) is 13.8 Å². The summed E-state index contributed by atoms with van der Waals surface area (Å²) >= 11 is 1.21. The molecule has 2 N–H and O–H groups in total. The maximum Gasteiger partial charge on any atom is 0.343 e. The standard InChI is InChI=1S/C15H19FN4O2S/c1-4-20-14(22)18-19-15(20)23-10(3)13(21)17-9(2)11-5-7-12(16)8-6-11/h5-10H,4H2,1-3H3,(H,17,21)(H,18,22)/t9-,10-/m0/s1. The fourth-order valence-electron chi connectivity index (χ4n) is 2.05. The van der Waals surface area contributed by atoms with Crippen molar-refractivity contribution in [3.63, 3.8) is 0 Å². The predicted molar refractivity (Wildman–Crippen MR) is 86.8 cm³/mol. The lowest BCUT2D eigenvalue weighted by Gasteiger charge is -2.17. The summed E-state index contributed by atoms with van der Waals surface area (Å²) in [6, 6.07) is 5.76. The van der Waals surface area contributed by atoms with Crippen LogP contribution in [0.4, 0.5) is 4.39 Å². The lowest BCUT2D eigenvalue weighted by Crippen LogP contribution is -2.33. The molecule has 0 saturated carbocycles. The number of aromatic amines is 1. The summed E-state index contributed by atoms with van der Waals surface area (Å²) in [5.74, 6) is -0.489. The van der Waals surface area contributed by atoms with Crippen molar-refractivity contribution >= 4 is 17.7 Å². The number of H-pyrrole nitrogens is 1. The zero-order chi connectivity index (χ0) is 17.0. The number of amides is 1. The topological polar surface area (TPSA) is 79.8 Å². The molecule has 1 amide bonds. The molecular formula is C15H19FN4O2S. The Kier molecular flexibility index (Phi) is 5.59. The second-order valence-electron chi connectivity index (χ2n) is 5.10. The molecule has 0 aliphatic carbocycles. The molecule has 2 atom stereocenters. The molecule has 0 radical (unpaired) electrons. The first-order valence-electron chi connectivity index (χ1n) is 7.30. The predicted octanol–water partition coefficient (Wildman–Crippen LogP) is 2.09. The minimum atomic E-state index is -0.418. The van der Waals surface area contributed by atoms with Crippen LogP contribution in [-0.4, -0.2) is 25.9 Å². The van der Waals surface area contributed by atoms with E-state index in [1.165, 1.54) is 28.5 Å². The quantitative estimate of drug-likeness (QED) is 0.791. The third-order valence-corrected chi connectivity index (χ3v) is 4.51. The molecule has 1 aromatic heterocycles. The first-order chi connectivity index (χ1) is 10.9. The van der Waals surface area contributed by atoms with E-state index >= 15 is 0 Å². The van der Waals surface area contributed by atoms with Gasteiger partial charge < -0.3 is 5.32 Å². The lowest BCUT2D eigenvalue weighted by atomic mass is 10.1. The van der Waals surface area contributed by atoms with E-state index in [4.69, 9.17) is 0 Å². The van der Waals surface area contributed by atoms with Crippen LogP contribution in [0.15, 0.2) is 34.2 Å². The second kappa shape index (κ2) is 7.45. The Morgan fingerprint density at radius 1 is 1.39 bits per heavy atom. The molecule has 2 aromatic rings. The normalized spacial score (nSPS) is 13.6. The number of carbonyl (C=O) groups excluding carboxylic acids is 1. The highest BCUT2D eigenvalue weighted by Gasteiger charge is 2.20. The number of thioether (sulfide) groups is 1. The molecule has 0 aliphatic rings. The minimum absolute atomic E-state index is 0.176. The number of hydrogen-bond donors (Lipinski definition) is 2. The average molecular weight is 338 g/mol. The van der Waals surface area contributed by atoms with Crippen molar-refractivity contribution in [3.8, 4) is 0 Å². The number of carbonyl (C=O) groups is 1. The van der Waals surface area contributed by atoms with Gasteiger partial charge in [0.15, 0.2) is 5.16 Å². The van der Waals surface area contributed by atoms with Crippen molar-refractivity contribution in [1.82, 2.24) is 20.1 Å².